The van der Waals surface area contributed by atoms with Crippen molar-refractivity contribution in [2.75, 3.05) is 11.5 Å². The summed E-state index contributed by atoms with van der Waals surface area (Å²) in [7, 11) is 0. The molecule has 6 N–H and O–H groups in total. The van der Waals surface area contributed by atoms with Crippen LogP contribution < -0.4 is 11.5 Å². The highest BCUT2D eigenvalue weighted by molar-refractivity contribution is 9.10. The lowest BCUT2D eigenvalue weighted by atomic mass is 9.80. The number of fused-ring (bicyclic) bond motifs is 2. The van der Waals surface area contributed by atoms with E-state index in [-0.39, 0.29) is 11.3 Å². The molecular formula is C23H24BrFN6O2. The Morgan fingerprint density at radius 3 is 2.79 bits per heavy atom. The van der Waals surface area contributed by atoms with Crippen molar-refractivity contribution in [3.05, 3.63) is 58.2 Å². The zero-order valence-corrected chi connectivity index (χ0v) is 19.5. The maximum atomic E-state index is 14.5. The molecule has 0 amide bonds. The number of aryl methyl sites for hydroxylation is 1. The molecule has 1 aliphatic rings. The fourth-order valence-electron chi connectivity index (χ4n) is 5.00. The molecule has 0 spiro atoms. The number of aliphatic hydroxyl groups is 2. The molecule has 33 heavy (non-hydrogen) atoms. The summed E-state index contributed by atoms with van der Waals surface area (Å²) >= 11 is 3.40. The summed E-state index contributed by atoms with van der Waals surface area (Å²) in [5, 5.41) is 26.9. The van der Waals surface area contributed by atoms with Crippen LogP contribution in [0, 0.1) is 11.2 Å². The van der Waals surface area contributed by atoms with Crippen LogP contribution in [0.5, 0.6) is 0 Å². The van der Waals surface area contributed by atoms with E-state index >= 15 is 0 Å². The zero-order valence-electron chi connectivity index (χ0n) is 17.9. The molecule has 0 radical (unpaired) electrons. The predicted octanol–water partition coefficient (Wildman–Crippen LogP) is 3.19. The van der Waals surface area contributed by atoms with Crippen LogP contribution in [-0.2, 0) is 6.42 Å². The van der Waals surface area contributed by atoms with Crippen LogP contribution in [0.3, 0.4) is 0 Å². The van der Waals surface area contributed by atoms with Gasteiger partial charge in [0.15, 0.2) is 11.6 Å². The third kappa shape index (κ3) is 3.62. The summed E-state index contributed by atoms with van der Waals surface area (Å²) in [5.74, 6) is -0.582. The number of nitrogens with two attached hydrogens (primary N) is 2. The van der Waals surface area contributed by atoms with E-state index in [1.807, 2.05) is 31.2 Å². The van der Waals surface area contributed by atoms with Crippen LogP contribution in [0.2, 0.25) is 0 Å². The Labute approximate surface area is 197 Å². The van der Waals surface area contributed by atoms with E-state index in [9.17, 15) is 14.6 Å². The van der Waals surface area contributed by atoms with Gasteiger partial charge in [-0.2, -0.15) is 5.10 Å². The van der Waals surface area contributed by atoms with Gasteiger partial charge in [0.25, 0.3) is 0 Å². The molecular weight excluding hydrogens is 491 g/mol. The van der Waals surface area contributed by atoms with E-state index in [1.165, 1.54) is 16.9 Å². The molecule has 1 fully saturated rings. The Bertz CT molecular complexity index is 1380. The fraction of sp³-hybridized carbons (Fsp3) is 0.348. The van der Waals surface area contributed by atoms with Crippen molar-refractivity contribution >= 4 is 44.0 Å². The largest absolute Gasteiger partial charge is 0.390 e. The van der Waals surface area contributed by atoms with Crippen molar-refractivity contribution in [1.82, 2.24) is 19.6 Å². The van der Waals surface area contributed by atoms with Crippen LogP contribution in [0.25, 0.3) is 16.4 Å². The number of rotatable bonds is 4. The standard InChI is InChI=1S/C23H24BrFN6O2/c1-23(5-4-11-2-3-12-7-14(24)21(26)30-16(12)6-11)9-13(19(32)20(23)33)17-8-15(25)18-22(27)28-10-29-31(17)18/h2-3,6-8,10,13,19-20,32-33H,4-5,9H2,1H3,(H2,26,30)(H2,27,28,29)/t13-,19-,20-,23-/m0/s1. The maximum absolute atomic E-state index is 14.5. The molecule has 0 aliphatic heterocycles. The van der Waals surface area contributed by atoms with Gasteiger partial charge < -0.3 is 21.7 Å². The van der Waals surface area contributed by atoms with Crippen molar-refractivity contribution in [1.29, 1.82) is 0 Å². The molecule has 4 atom stereocenters. The minimum Gasteiger partial charge on any atom is -0.390 e. The first-order chi connectivity index (χ1) is 15.7. The number of aromatic nitrogens is 4. The monoisotopic (exact) mass is 514 g/mol. The fourth-order valence-corrected chi connectivity index (χ4v) is 5.34. The first kappa shape index (κ1) is 22.0. The van der Waals surface area contributed by atoms with Gasteiger partial charge >= 0.3 is 0 Å². The first-order valence-corrected chi connectivity index (χ1v) is 11.5. The van der Waals surface area contributed by atoms with Gasteiger partial charge in [-0.3, -0.25) is 0 Å². The quantitative estimate of drug-likeness (QED) is 0.328. The highest BCUT2D eigenvalue weighted by atomic mass is 79.9. The summed E-state index contributed by atoms with van der Waals surface area (Å²) in [6.07, 6.45) is 0.999. The molecule has 0 saturated heterocycles. The number of halogens is 2. The van der Waals surface area contributed by atoms with Crippen molar-refractivity contribution in [2.45, 2.75) is 44.3 Å². The van der Waals surface area contributed by atoms with E-state index in [4.69, 9.17) is 11.5 Å². The minimum atomic E-state index is -1.06. The van der Waals surface area contributed by atoms with Gasteiger partial charge in [0.2, 0.25) is 0 Å². The Hall–Kier alpha value is -2.82. The second kappa shape index (κ2) is 7.89. The van der Waals surface area contributed by atoms with Crippen LogP contribution in [0.1, 0.15) is 36.9 Å². The zero-order chi connectivity index (χ0) is 23.5. The number of nitrogens with zero attached hydrogens (tertiary/aromatic N) is 4. The van der Waals surface area contributed by atoms with Crippen LogP contribution in [-0.4, -0.2) is 42.0 Å². The molecule has 10 heteroatoms. The van der Waals surface area contributed by atoms with E-state index in [0.717, 1.165) is 20.9 Å². The summed E-state index contributed by atoms with van der Waals surface area (Å²) < 4.78 is 16.7. The summed E-state index contributed by atoms with van der Waals surface area (Å²) in [6.45, 7) is 1.95. The number of nitrogen functional groups attached to an aromatic ring is 2. The average molecular weight is 515 g/mol. The van der Waals surface area contributed by atoms with Crippen molar-refractivity contribution in [3.8, 4) is 0 Å². The molecule has 5 rings (SSSR count). The highest BCUT2D eigenvalue weighted by Gasteiger charge is 2.50. The van der Waals surface area contributed by atoms with E-state index in [1.54, 1.807) is 0 Å². The molecule has 8 nitrogen and oxygen atoms in total. The maximum Gasteiger partial charge on any atom is 0.154 e. The van der Waals surface area contributed by atoms with Gasteiger partial charge in [-0.05, 0) is 64.4 Å². The predicted molar refractivity (Wildman–Crippen MR) is 127 cm³/mol. The Morgan fingerprint density at radius 1 is 1.21 bits per heavy atom. The van der Waals surface area contributed by atoms with Crippen molar-refractivity contribution in [3.63, 3.8) is 0 Å². The third-order valence-electron chi connectivity index (χ3n) is 6.93. The summed E-state index contributed by atoms with van der Waals surface area (Å²) in [6, 6.07) is 9.27. The van der Waals surface area contributed by atoms with E-state index < -0.39 is 29.4 Å². The molecule has 3 aromatic heterocycles. The molecule has 172 valence electrons. The molecule has 4 aromatic rings. The number of hydrogen-bond donors (Lipinski definition) is 4. The first-order valence-electron chi connectivity index (χ1n) is 10.7. The SMILES string of the molecule is C[C@]1(CCc2ccc3cc(Br)c(N)nc3c2)C[C@@H](c2cc(F)c3c(N)ncnn23)[C@H](O)[C@@H]1O. The Balaban J connectivity index is 1.40. The third-order valence-corrected chi connectivity index (χ3v) is 7.56. The summed E-state index contributed by atoms with van der Waals surface area (Å²) in [4.78, 5) is 8.27. The van der Waals surface area contributed by atoms with Gasteiger partial charge in [-0.25, -0.2) is 18.9 Å². The van der Waals surface area contributed by atoms with Gasteiger partial charge in [0.05, 0.1) is 27.9 Å². The molecule has 0 unspecified atom stereocenters. The molecule has 1 aliphatic carbocycles. The number of hydrogen-bond acceptors (Lipinski definition) is 7. The molecule has 1 saturated carbocycles. The molecule has 0 bridgehead atoms. The minimum absolute atomic E-state index is 0.0297. The average Bonchev–Trinajstić information content (AvgIpc) is 3.23. The van der Waals surface area contributed by atoms with Gasteiger partial charge in [-0.1, -0.05) is 19.1 Å². The Morgan fingerprint density at radius 2 is 2.00 bits per heavy atom. The van der Waals surface area contributed by atoms with E-state index in [2.05, 4.69) is 31.0 Å². The van der Waals surface area contributed by atoms with Crippen LogP contribution in [0.15, 0.2) is 41.1 Å². The second-order valence-electron chi connectivity index (χ2n) is 9.11. The topological polar surface area (TPSA) is 136 Å². The second-order valence-corrected chi connectivity index (χ2v) is 9.96. The Kier molecular flexibility index (Phi) is 5.26. The van der Waals surface area contributed by atoms with E-state index in [0.29, 0.717) is 30.8 Å². The van der Waals surface area contributed by atoms with Gasteiger partial charge in [0, 0.05) is 11.3 Å². The molecule has 1 aromatic carbocycles. The normalized spacial score (nSPS) is 25.3. The summed E-state index contributed by atoms with van der Waals surface area (Å²) in [5.41, 5.74) is 13.6. The lowest BCUT2D eigenvalue weighted by Crippen LogP contribution is -2.34. The van der Waals surface area contributed by atoms with Gasteiger partial charge in [-0.15, -0.1) is 0 Å². The van der Waals surface area contributed by atoms with Crippen molar-refractivity contribution in [2.24, 2.45) is 5.41 Å². The number of benzene rings is 1. The highest BCUT2D eigenvalue weighted by Crippen LogP contribution is 2.49. The lowest BCUT2D eigenvalue weighted by Gasteiger charge is -2.28. The smallest absolute Gasteiger partial charge is 0.154 e. The lowest BCUT2D eigenvalue weighted by molar-refractivity contribution is -0.0204. The number of pyridine rings is 1. The number of aliphatic hydroxyl groups excluding tert-OH is 2. The number of anilines is 2. The molecule has 3 heterocycles. The van der Waals surface area contributed by atoms with Crippen LogP contribution in [0.4, 0.5) is 16.0 Å². The van der Waals surface area contributed by atoms with Crippen molar-refractivity contribution < 1.29 is 14.6 Å². The van der Waals surface area contributed by atoms with Gasteiger partial charge in [0.1, 0.15) is 17.7 Å². The van der Waals surface area contributed by atoms with Crippen LogP contribution >= 0.6 is 15.9 Å².